The van der Waals surface area contributed by atoms with Crippen molar-refractivity contribution in [2.75, 3.05) is 25.4 Å². The molecule has 1 amide bonds. The van der Waals surface area contributed by atoms with E-state index in [4.69, 9.17) is 0 Å². The van der Waals surface area contributed by atoms with Crippen LogP contribution in [-0.2, 0) is 4.79 Å². The number of halogens is 1. The Balaban J connectivity index is 0.00000256. The van der Waals surface area contributed by atoms with Crippen LogP contribution in [-0.4, -0.2) is 36.0 Å². The summed E-state index contributed by atoms with van der Waals surface area (Å²) in [7, 11) is 0. The van der Waals surface area contributed by atoms with Crippen molar-refractivity contribution in [2.24, 2.45) is 11.8 Å². The fourth-order valence-electron chi connectivity index (χ4n) is 1.57. The summed E-state index contributed by atoms with van der Waals surface area (Å²) in [4.78, 5) is 11.8. The number of rotatable bonds is 5. The highest BCUT2D eigenvalue weighted by atomic mass is 35.5. The van der Waals surface area contributed by atoms with Crippen LogP contribution in [0.15, 0.2) is 0 Å². The number of carbonyl (C=O) groups is 1. The first-order chi connectivity index (χ1) is 7.40. The molecule has 1 aliphatic heterocycles. The molecule has 5 heteroatoms. The lowest BCUT2D eigenvalue weighted by molar-refractivity contribution is -0.126. The predicted octanol–water partition coefficient (Wildman–Crippen LogP) is 1.91. The van der Waals surface area contributed by atoms with E-state index in [1.165, 1.54) is 0 Å². The van der Waals surface area contributed by atoms with Gasteiger partial charge in [-0.15, -0.1) is 12.4 Å². The minimum atomic E-state index is 0. The fourth-order valence-corrected chi connectivity index (χ4v) is 2.39. The lowest BCUT2D eigenvalue weighted by Crippen LogP contribution is -2.49. The second-order valence-corrected chi connectivity index (χ2v) is 7.38. The van der Waals surface area contributed by atoms with Gasteiger partial charge in [0.15, 0.2) is 0 Å². The lowest BCUT2D eigenvalue weighted by atomic mass is 9.88. The molecular formula is C12H25ClN2OS. The van der Waals surface area contributed by atoms with Crippen molar-refractivity contribution >= 4 is 30.1 Å². The van der Waals surface area contributed by atoms with Crippen LogP contribution in [0.4, 0.5) is 0 Å². The Bertz CT molecular complexity index is 239. The monoisotopic (exact) mass is 280 g/mol. The quantitative estimate of drug-likeness (QED) is 0.756. The minimum Gasteiger partial charge on any atom is -0.355 e. The van der Waals surface area contributed by atoms with Crippen molar-refractivity contribution in [3.05, 3.63) is 0 Å². The average Bonchev–Trinajstić information content (AvgIpc) is 2.07. The largest absolute Gasteiger partial charge is 0.355 e. The molecule has 0 aromatic rings. The summed E-state index contributed by atoms with van der Waals surface area (Å²) < 4.78 is 0.286. The number of amides is 1. The zero-order valence-electron chi connectivity index (χ0n) is 11.2. The first kappa shape index (κ1) is 17.1. The van der Waals surface area contributed by atoms with Gasteiger partial charge in [0.25, 0.3) is 0 Å². The summed E-state index contributed by atoms with van der Waals surface area (Å²) >= 11 is 1.89. The molecule has 0 aromatic heterocycles. The van der Waals surface area contributed by atoms with E-state index in [1.807, 2.05) is 18.7 Å². The van der Waals surface area contributed by atoms with Gasteiger partial charge < -0.3 is 10.6 Å². The second kappa shape index (κ2) is 7.49. The van der Waals surface area contributed by atoms with Crippen molar-refractivity contribution in [3.63, 3.8) is 0 Å². The van der Waals surface area contributed by atoms with Crippen LogP contribution in [0.5, 0.6) is 0 Å². The van der Waals surface area contributed by atoms with Crippen molar-refractivity contribution in [3.8, 4) is 0 Å². The third kappa shape index (κ3) is 6.53. The van der Waals surface area contributed by atoms with Gasteiger partial charge in [-0.05, 0) is 19.0 Å². The van der Waals surface area contributed by atoms with Crippen molar-refractivity contribution in [2.45, 2.75) is 32.4 Å². The molecule has 0 saturated carbocycles. The summed E-state index contributed by atoms with van der Waals surface area (Å²) in [6.45, 7) is 11.4. The summed E-state index contributed by atoms with van der Waals surface area (Å²) in [6.07, 6.45) is 0. The maximum absolute atomic E-state index is 11.8. The molecule has 0 aromatic carbocycles. The van der Waals surface area contributed by atoms with Crippen LogP contribution in [0.1, 0.15) is 27.7 Å². The summed E-state index contributed by atoms with van der Waals surface area (Å²) in [5.74, 6) is 1.89. The molecule has 1 heterocycles. The van der Waals surface area contributed by atoms with Gasteiger partial charge in [0, 0.05) is 23.0 Å². The number of nitrogens with one attached hydrogen (secondary N) is 2. The minimum absolute atomic E-state index is 0. The maximum atomic E-state index is 11.8. The number of hydrogen-bond acceptors (Lipinski definition) is 3. The second-order valence-electron chi connectivity index (χ2n) is 5.46. The highest BCUT2D eigenvalue weighted by molar-refractivity contribution is 8.00. The van der Waals surface area contributed by atoms with E-state index in [-0.39, 0.29) is 29.0 Å². The van der Waals surface area contributed by atoms with E-state index in [2.05, 4.69) is 31.4 Å². The molecule has 1 fully saturated rings. The third-order valence-corrected chi connectivity index (χ3v) is 4.14. The molecule has 0 radical (unpaired) electrons. The van der Waals surface area contributed by atoms with E-state index in [0.717, 1.165) is 25.4 Å². The van der Waals surface area contributed by atoms with Gasteiger partial charge in [-0.25, -0.2) is 0 Å². The fraction of sp³-hybridized carbons (Fsp3) is 0.917. The van der Waals surface area contributed by atoms with E-state index >= 15 is 0 Å². The lowest BCUT2D eigenvalue weighted by Gasteiger charge is -2.31. The first-order valence-corrected chi connectivity index (χ1v) is 7.01. The molecule has 0 aliphatic carbocycles. The molecule has 3 nitrogen and oxygen atoms in total. The highest BCUT2D eigenvalue weighted by Gasteiger charge is 2.28. The Morgan fingerprint density at radius 3 is 2.47 bits per heavy atom. The van der Waals surface area contributed by atoms with Crippen molar-refractivity contribution in [1.29, 1.82) is 0 Å². The molecular weight excluding hydrogens is 256 g/mol. The van der Waals surface area contributed by atoms with E-state index in [0.29, 0.717) is 5.92 Å². The number of carbonyl (C=O) groups excluding carboxylic acids is 1. The van der Waals surface area contributed by atoms with Crippen molar-refractivity contribution < 1.29 is 4.79 Å². The molecule has 0 spiro atoms. The van der Waals surface area contributed by atoms with Crippen LogP contribution in [0, 0.1) is 11.8 Å². The van der Waals surface area contributed by atoms with Crippen LogP contribution < -0.4 is 10.6 Å². The van der Waals surface area contributed by atoms with Crippen LogP contribution in [0.25, 0.3) is 0 Å². The van der Waals surface area contributed by atoms with Crippen molar-refractivity contribution in [1.82, 2.24) is 10.6 Å². The maximum Gasteiger partial charge on any atom is 0.223 e. The predicted molar refractivity (Wildman–Crippen MR) is 78.0 cm³/mol. The molecule has 1 unspecified atom stereocenters. The summed E-state index contributed by atoms with van der Waals surface area (Å²) in [5, 5.41) is 6.22. The van der Waals surface area contributed by atoms with Gasteiger partial charge in [-0.2, -0.15) is 11.8 Å². The SMILES string of the molecule is CC(C(=O)NCCSC(C)(C)C)C1CNC1.Cl. The average molecular weight is 281 g/mol. The van der Waals surface area contributed by atoms with E-state index in [9.17, 15) is 4.79 Å². The molecule has 102 valence electrons. The standard InChI is InChI=1S/C12H24N2OS.ClH/c1-9(10-7-13-8-10)11(15)14-5-6-16-12(2,3)4;/h9-10,13H,5-8H2,1-4H3,(H,14,15);1H. The van der Waals surface area contributed by atoms with Gasteiger partial charge in [-0.1, -0.05) is 27.7 Å². The molecule has 1 aliphatic rings. The smallest absolute Gasteiger partial charge is 0.223 e. The molecule has 1 saturated heterocycles. The molecule has 2 N–H and O–H groups in total. The van der Waals surface area contributed by atoms with Crippen LogP contribution >= 0.6 is 24.2 Å². The Morgan fingerprint density at radius 2 is 2.06 bits per heavy atom. The van der Waals surface area contributed by atoms with Crippen LogP contribution in [0.2, 0.25) is 0 Å². The Hall–Kier alpha value is 0.0700. The Labute approximate surface area is 115 Å². The summed E-state index contributed by atoms with van der Waals surface area (Å²) in [5.41, 5.74) is 0. The highest BCUT2D eigenvalue weighted by Crippen LogP contribution is 2.22. The third-order valence-electron chi connectivity index (χ3n) is 2.87. The molecule has 1 rings (SSSR count). The molecule has 0 bridgehead atoms. The van der Waals surface area contributed by atoms with E-state index in [1.54, 1.807) is 0 Å². The van der Waals surface area contributed by atoms with Gasteiger partial charge in [0.1, 0.15) is 0 Å². The van der Waals surface area contributed by atoms with Gasteiger partial charge in [0.05, 0.1) is 0 Å². The topological polar surface area (TPSA) is 41.1 Å². The van der Waals surface area contributed by atoms with Crippen LogP contribution in [0.3, 0.4) is 0 Å². The Morgan fingerprint density at radius 1 is 1.47 bits per heavy atom. The van der Waals surface area contributed by atoms with Gasteiger partial charge >= 0.3 is 0 Å². The van der Waals surface area contributed by atoms with E-state index < -0.39 is 0 Å². The van der Waals surface area contributed by atoms with Gasteiger partial charge in [0.2, 0.25) is 5.91 Å². The summed E-state index contributed by atoms with van der Waals surface area (Å²) in [6, 6.07) is 0. The molecule has 17 heavy (non-hydrogen) atoms. The molecule has 1 atom stereocenters. The Kier molecular flexibility index (Phi) is 7.52. The number of hydrogen-bond donors (Lipinski definition) is 2. The zero-order valence-corrected chi connectivity index (χ0v) is 12.8. The van der Waals surface area contributed by atoms with Gasteiger partial charge in [-0.3, -0.25) is 4.79 Å². The zero-order chi connectivity index (χ0) is 12.2. The normalized spacial score (nSPS) is 17.9. The number of thioether (sulfide) groups is 1. The first-order valence-electron chi connectivity index (χ1n) is 6.02.